The van der Waals surface area contributed by atoms with Crippen LogP contribution in [0.15, 0.2) is 0 Å². The summed E-state index contributed by atoms with van der Waals surface area (Å²) in [7, 11) is -9.90. The quantitative estimate of drug-likeness (QED) is 0.0222. The molecule has 0 heterocycles. The highest BCUT2D eigenvalue weighted by molar-refractivity contribution is 7.47. The summed E-state index contributed by atoms with van der Waals surface area (Å²) in [6, 6.07) is 0. The molecule has 522 valence electrons. The third-order valence-electron chi connectivity index (χ3n) is 16.6. The summed E-state index contributed by atoms with van der Waals surface area (Å²) in [5.74, 6) is 0.123. The van der Waals surface area contributed by atoms with Crippen molar-refractivity contribution in [2.24, 2.45) is 17.8 Å². The van der Waals surface area contributed by atoms with Gasteiger partial charge in [-0.3, -0.25) is 37.3 Å². The van der Waals surface area contributed by atoms with Crippen molar-refractivity contribution in [3.05, 3.63) is 0 Å². The summed E-state index contributed by atoms with van der Waals surface area (Å²) in [4.78, 5) is 72.5. The molecule has 0 aromatic heterocycles. The van der Waals surface area contributed by atoms with E-state index in [-0.39, 0.29) is 25.7 Å². The van der Waals surface area contributed by atoms with E-state index in [4.69, 9.17) is 37.0 Å². The van der Waals surface area contributed by atoms with Crippen molar-refractivity contribution in [3.8, 4) is 0 Å². The van der Waals surface area contributed by atoms with Crippen molar-refractivity contribution in [2.45, 2.75) is 362 Å². The van der Waals surface area contributed by atoms with Crippen molar-refractivity contribution in [1.29, 1.82) is 0 Å². The number of rotatable bonds is 67. The lowest BCUT2D eigenvalue weighted by molar-refractivity contribution is -0.161. The van der Waals surface area contributed by atoms with Crippen LogP contribution in [0.5, 0.6) is 0 Å². The number of phosphoric ester groups is 2. The number of carbonyl (C=O) groups excluding carboxylic acids is 4. The van der Waals surface area contributed by atoms with Gasteiger partial charge in [-0.15, -0.1) is 0 Å². The van der Waals surface area contributed by atoms with Gasteiger partial charge in [0.25, 0.3) is 0 Å². The minimum atomic E-state index is -4.95. The normalized spacial score (nSPS) is 14.9. The van der Waals surface area contributed by atoms with Gasteiger partial charge < -0.3 is 33.8 Å². The average Bonchev–Trinajstić information content (AvgIpc) is 3.70. The molecule has 7 atom stereocenters. The Morgan fingerprint density at radius 1 is 0.330 bits per heavy atom. The van der Waals surface area contributed by atoms with Crippen LogP contribution < -0.4 is 0 Å². The Bertz CT molecular complexity index is 1740. The van der Waals surface area contributed by atoms with Gasteiger partial charge >= 0.3 is 39.5 Å². The smallest absolute Gasteiger partial charge is 0.462 e. The molecule has 4 unspecified atom stereocenters. The third-order valence-corrected chi connectivity index (χ3v) is 18.5. The molecule has 0 amide bonds. The number of ether oxygens (including phenoxy) is 4. The summed E-state index contributed by atoms with van der Waals surface area (Å²) in [6.07, 6.45) is 42.9. The van der Waals surface area contributed by atoms with Crippen LogP contribution in [0.1, 0.15) is 344 Å². The maximum Gasteiger partial charge on any atom is 0.472 e. The first-order valence-corrected chi connectivity index (χ1v) is 38.9. The van der Waals surface area contributed by atoms with Crippen LogP contribution in [0, 0.1) is 17.8 Å². The number of esters is 4. The lowest BCUT2D eigenvalue weighted by atomic mass is 9.99. The Kier molecular flexibility index (Phi) is 58.7. The van der Waals surface area contributed by atoms with Crippen LogP contribution in [0.2, 0.25) is 0 Å². The van der Waals surface area contributed by atoms with E-state index in [0.29, 0.717) is 25.7 Å². The van der Waals surface area contributed by atoms with E-state index in [1.165, 1.54) is 148 Å². The fraction of sp³-hybridized carbons (Fsp3) is 0.942. The summed E-state index contributed by atoms with van der Waals surface area (Å²) in [5, 5.41) is 10.6. The number of phosphoric acid groups is 2. The zero-order valence-electron chi connectivity index (χ0n) is 57.2. The minimum absolute atomic E-state index is 0.104. The molecule has 0 aliphatic rings. The zero-order chi connectivity index (χ0) is 65.2. The second-order valence-electron chi connectivity index (χ2n) is 25.9. The van der Waals surface area contributed by atoms with Crippen LogP contribution in [0.3, 0.4) is 0 Å². The SMILES string of the molecule is CCCCCCCCCCCCCCCC(=O)OC[C@H](COP(=O)(O)OC[C@@H](O)COP(=O)(O)OC[C@@H](COC(=O)CCCCCCCCC(C)CC)OC(=O)CCCCCCCCCCC(C)CC)OC(=O)CCCCCCCCCCCCC(C)C. The molecule has 3 N–H and O–H groups in total. The van der Waals surface area contributed by atoms with Gasteiger partial charge in [-0.2, -0.15) is 0 Å². The fourth-order valence-corrected chi connectivity index (χ4v) is 11.9. The van der Waals surface area contributed by atoms with E-state index >= 15 is 0 Å². The number of hydrogen-bond acceptors (Lipinski definition) is 15. The Labute approximate surface area is 537 Å². The van der Waals surface area contributed by atoms with E-state index in [2.05, 4.69) is 48.5 Å². The van der Waals surface area contributed by atoms with Crippen molar-refractivity contribution in [3.63, 3.8) is 0 Å². The molecular weight excluding hydrogens is 1160 g/mol. The van der Waals surface area contributed by atoms with Gasteiger partial charge in [-0.1, -0.05) is 292 Å². The van der Waals surface area contributed by atoms with Gasteiger partial charge in [0.1, 0.15) is 19.3 Å². The van der Waals surface area contributed by atoms with E-state index < -0.39 is 97.5 Å². The molecule has 0 radical (unpaired) electrons. The van der Waals surface area contributed by atoms with Crippen molar-refractivity contribution in [2.75, 3.05) is 39.6 Å². The first kappa shape index (κ1) is 86.1. The van der Waals surface area contributed by atoms with Gasteiger partial charge in [0.05, 0.1) is 26.4 Å². The Balaban J connectivity index is 5.27. The maximum absolute atomic E-state index is 13.0. The molecule has 0 aromatic carbocycles. The highest BCUT2D eigenvalue weighted by Crippen LogP contribution is 2.45. The summed E-state index contributed by atoms with van der Waals surface area (Å²) >= 11 is 0. The molecule has 88 heavy (non-hydrogen) atoms. The molecule has 17 nitrogen and oxygen atoms in total. The van der Waals surface area contributed by atoms with Crippen LogP contribution in [0.25, 0.3) is 0 Å². The van der Waals surface area contributed by atoms with E-state index in [0.717, 1.165) is 114 Å². The molecule has 0 aliphatic heterocycles. The van der Waals surface area contributed by atoms with E-state index in [1.54, 1.807) is 0 Å². The van der Waals surface area contributed by atoms with Crippen molar-refractivity contribution < 1.29 is 80.2 Å². The van der Waals surface area contributed by atoms with Gasteiger partial charge in [0.2, 0.25) is 0 Å². The molecule has 0 aliphatic carbocycles. The number of carbonyl (C=O) groups is 4. The average molecular weight is 1300 g/mol. The van der Waals surface area contributed by atoms with Crippen LogP contribution in [-0.2, 0) is 65.4 Å². The minimum Gasteiger partial charge on any atom is -0.462 e. The highest BCUT2D eigenvalue weighted by atomic mass is 31.2. The zero-order valence-corrected chi connectivity index (χ0v) is 59.0. The van der Waals surface area contributed by atoms with Crippen LogP contribution in [-0.4, -0.2) is 96.7 Å². The third kappa shape index (κ3) is 60.3. The molecular formula is C69H134O17P2. The number of aliphatic hydroxyl groups excluding tert-OH is 1. The number of unbranched alkanes of at least 4 members (excludes halogenated alkanes) is 33. The number of hydrogen-bond donors (Lipinski definition) is 3. The largest absolute Gasteiger partial charge is 0.472 e. The lowest BCUT2D eigenvalue weighted by Crippen LogP contribution is -2.30. The molecule has 0 spiro atoms. The van der Waals surface area contributed by atoms with Crippen molar-refractivity contribution >= 4 is 39.5 Å². The molecule has 0 rings (SSSR count). The predicted octanol–water partition coefficient (Wildman–Crippen LogP) is 19.5. The highest BCUT2D eigenvalue weighted by Gasteiger charge is 2.30. The van der Waals surface area contributed by atoms with E-state index in [1.807, 2.05) is 0 Å². The molecule has 0 aromatic rings. The topological polar surface area (TPSA) is 237 Å². The first-order chi connectivity index (χ1) is 42.3. The summed E-state index contributed by atoms with van der Waals surface area (Å²) in [6.45, 7) is 11.8. The standard InChI is InChI=1S/C69H134O17P2/c1-8-11-12-13-14-15-16-17-18-22-28-36-43-50-66(71)79-56-64(85-68(73)52-45-38-29-23-20-19-21-26-33-40-47-60(4)5)58-83-87(75,76)81-54-63(70)55-82-88(77,78)84-59-65(57-80-67(72)51-44-37-32-31-35-42-49-62(7)10-3)86-69(74)53-46-39-30-25-24-27-34-41-48-61(6)9-2/h60-65,70H,8-59H2,1-7H3,(H,75,76)(H,77,78)/t61?,62?,63-,64-,65-/m1/s1. The number of aliphatic hydroxyl groups is 1. The second kappa shape index (κ2) is 60.0. The lowest BCUT2D eigenvalue weighted by Gasteiger charge is -2.21. The predicted molar refractivity (Wildman–Crippen MR) is 354 cm³/mol. The maximum atomic E-state index is 13.0. The fourth-order valence-electron chi connectivity index (χ4n) is 10.3. The molecule has 0 bridgehead atoms. The van der Waals surface area contributed by atoms with Gasteiger partial charge in [-0.05, 0) is 43.4 Å². The van der Waals surface area contributed by atoms with E-state index in [9.17, 15) is 43.2 Å². The molecule has 0 fully saturated rings. The molecule has 0 saturated heterocycles. The molecule has 0 saturated carbocycles. The summed E-state index contributed by atoms with van der Waals surface area (Å²) in [5.41, 5.74) is 0. The first-order valence-electron chi connectivity index (χ1n) is 35.9. The second-order valence-corrected chi connectivity index (χ2v) is 28.8. The Morgan fingerprint density at radius 3 is 0.864 bits per heavy atom. The van der Waals surface area contributed by atoms with Gasteiger partial charge in [0.15, 0.2) is 12.2 Å². The Morgan fingerprint density at radius 2 is 0.580 bits per heavy atom. The van der Waals surface area contributed by atoms with Gasteiger partial charge in [-0.25, -0.2) is 9.13 Å². The summed E-state index contributed by atoms with van der Waals surface area (Å²) < 4.78 is 68.2. The molecule has 19 heteroatoms. The Hall–Kier alpha value is -1.94. The van der Waals surface area contributed by atoms with Crippen LogP contribution in [0.4, 0.5) is 0 Å². The monoisotopic (exact) mass is 1300 g/mol. The van der Waals surface area contributed by atoms with Gasteiger partial charge in [0, 0.05) is 25.7 Å². The van der Waals surface area contributed by atoms with Crippen molar-refractivity contribution in [1.82, 2.24) is 0 Å². The van der Waals surface area contributed by atoms with Crippen LogP contribution >= 0.6 is 15.6 Å².